The highest BCUT2D eigenvalue weighted by Gasteiger charge is 2.28. The van der Waals surface area contributed by atoms with Crippen molar-refractivity contribution in [3.05, 3.63) is 30.0 Å². The van der Waals surface area contributed by atoms with Crippen molar-refractivity contribution in [3.8, 4) is 5.88 Å². The largest absolute Gasteiger partial charge is 0.477 e. The molecule has 0 radical (unpaired) electrons. The van der Waals surface area contributed by atoms with Crippen LogP contribution in [0.4, 0.5) is 0 Å². The monoisotopic (exact) mass is 485 g/mol. The Morgan fingerprint density at radius 3 is 2.56 bits per heavy atom. The molecule has 3 N–H and O–H groups in total. The van der Waals surface area contributed by atoms with Gasteiger partial charge in [0.25, 0.3) is 5.91 Å². The van der Waals surface area contributed by atoms with Crippen LogP contribution in [0.1, 0.15) is 42.6 Å². The average Bonchev–Trinajstić information content (AvgIpc) is 3.21. The second-order valence-electron chi connectivity index (χ2n) is 9.45. The van der Waals surface area contributed by atoms with E-state index in [0.717, 1.165) is 12.8 Å². The quantitative estimate of drug-likeness (QED) is 0.554. The van der Waals surface area contributed by atoms with Crippen molar-refractivity contribution in [2.75, 3.05) is 39.8 Å². The number of carbonyl (C=O) groups is 1. The summed E-state index contributed by atoms with van der Waals surface area (Å²) in [5.41, 5.74) is 6.92. The number of amides is 1. The lowest BCUT2D eigenvalue weighted by Gasteiger charge is -2.31. The first-order valence-corrected chi connectivity index (χ1v) is 13.3. The summed E-state index contributed by atoms with van der Waals surface area (Å²) in [4.78, 5) is 22.1. The molecule has 1 aliphatic carbocycles. The number of pyridine rings is 1. The number of ether oxygens (including phenoxy) is 1. The van der Waals surface area contributed by atoms with E-state index in [4.69, 9.17) is 10.5 Å². The summed E-state index contributed by atoms with van der Waals surface area (Å²) in [5.74, 6) is 0.150. The topological polar surface area (TPSA) is 122 Å². The highest BCUT2D eigenvalue weighted by atomic mass is 32.2. The number of hydrogen-bond acceptors (Lipinski definition) is 6. The van der Waals surface area contributed by atoms with Crippen LogP contribution in [0.3, 0.4) is 0 Å². The number of nitrogens with two attached hydrogens (primary N) is 1. The fourth-order valence-electron chi connectivity index (χ4n) is 5.00. The third kappa shape index (κ3) is 4.37. The SMILES string of the molecule is CN1CCN(S(=O)(=O)c2ccc3[nH]c4c(C(N)=O)nc(OCC5CCCCC5)cc4c3c2)CC1. The number of benzene rings is 1. The Labute approximate surface area is 199 Å². The van der Waals surface area contributed by atoms with Crippen molar-refractivity contribution in [2.24, 2.45) is 11.7 Å². The summed E-state index contributed by atoms with van der Waals surface area (Å²) in [6.07, 6.45) is 5.94. The van der Waals surface area contributed by atoms with Gasteiger partial charge in [-0.2, -0.15) is 4.31 Å². The van der Waals surface area contributed by atoms with Crippen LogP contribution in [0.15, 0.2) is 29.2 Å². The van der Waals surface area contributed by atoms with E-state index in [9.17, 15) is 13.2 Å². The molecular weight excluding hydrogens is 454 g/mol. The number of piperazine rings is 1. The number of aromatic nitrogens is 2. The molecule has 2 aliphatic rings. The lowest BCUT2D eigenvalue weighted by molar-refractivity contribution is 0.0995. The van der Waals surface area contributed by atoms with Gasteiger partial charge in [0.2, 0.25) is 15.9 Å². The smallest absolute Gasteiger partial charge is 0.269 e. The predicted molar refractivity (Wildman–Crippen MR) is 130 cm³/mol. The molecular formula is C24H31N5O4S. The summed E-state index contributed by atoms with van der Waals surface area (Å²) < 4.78 is 34.1. The van der Waals surface area contributed by atoms with Crippen molar-refractivity contribution in [1.29, 1.82) is 0 Å². The highest BCUT2D eigenvalue weighted by Crippen LogP contribution is 2.33. The van der Waals surface area contributed by atoms with E-state index in [0.29, 0.717) is 66.4 Å². The number of nitrogens with one attached hydrogen (secondary N) is 1. The number of primary amides is 1. The van der Waals surface area contributed by atoms with Crippen LogP contribution < -0.4 is 10.5 Å². The molecule has 1 saturated carbocycles. The first-order valence-electron chi connectivity index (χ1n) is 11.9. The van der Waals surface area contributed by atoms with Gasteiger partial charge in [-0.3, -0.25) is 4.79 Å². The fourth-order valence-corrected chi connectivity index (χ4v) is 6.45. The van der Waals surface area contributed by atoms with Crippen LogP contribution in [0.5, 0.6) is 5.88 Å². The first-order chi connectivity index (χ1) is 16.3. The minimum absolute atomic E-state index is 0.0934. The van der Waals surface area contributed by atoms with Crippen LogP contribution in [0.25, 0.3) is 21.8 Å². The number of sulfonamides is 1. The Kier molecular flexibility index (Phi) is 6.22. The Balaban J connectivity index is 1.53. The second kappa shape index (κ2) is 9.16. The number of likely N-dealkylation sites (N-methyl/N-ethyl adjacent to an activating group) is 1. The molecule has 2 fully saturated rings. The van der Waals surface area contributed by atoms with E-state index < -0.39 is 15.9 Å². The molecule has 10 heteroatoms. The molecule has 1 amide bonds. The third-order valence-electron chi connectivity index (χ3n) is 7.06. The minimum Gasteiger partial charge on any atom is -0.477 e. The molecule has 9 nitrogen and oxygen atoms in total. The van der Waals surface area contributed by atoms with Crippen molar-refractivity contribution >= 4 is 37.7 Å². The van der Waals surface area contributed by atoms with Crippen LogP contribution in [0.2, 0.25) is 0 Å². The van der Waals surface area contributed by atoms with Crippen molar-refractivity contribution in [1.82, 2.24) is 19.2 Å². The van der Waals surface area contributed by atoms with Gasteiger partial charge in [-0.25, -0.2) is 13.4 Å². The van der Waals surface area contributed by atoms with E-state index in [1.807, 2.05) is 7.05 Å². The van der Waals surface area contributed by atoms with Gasteiger partial charge in [-0.15, -0.1) is 0 Å². The summed E-state index contributed by atoms with van der Waals surface area (Å²) in [6, 6.07) is 6.77. The van der Waals surface area contributed by atoms with Crippen molar-refractivity contribution < 1.29 is 17.9 Å². The van der Waals surface area contributed by atoms with Gasteiger partial charge in [0.15, 0.2) is 5.69 Å². The number of carbonyl (C=O) groups excluding carboxylic acids is 1. The van der Waals surface area contributed by atoms with Gasteiger partial charge in [-0.05, 0) is 44.0 Å². The molecule has 2 aromatic heterocycles. The molecule has 0 unspecified atom stereocenters. The molecule has 0 atom stereocenters. The molecule has 0 spiro atoms. The van der Waals surface area contributed by atoms with Gasteiger partial charge in [0, 0.05) is 48.5 Å². The van der Waals surface area contributed by atoms with Gasteiger partial charge in [0.1, 0.15) is 0 Å². The number of nitrogens with zero attached hydrogens (tertiary/aromatic N) is 3. The van der Waals surface area contributed by atoms with E-state index >= 15 is 0 Å². The van der Waals surface area contributed by atoms with E-state index in [1.165, 1.54) is 23.6 Å². The maximum atomic E-state index is 13.3. The second-order valence-corrected chi connectivity index (χ2v) is 11.4. The van der Waals surface area contributed by atoms with E-state index in [-0.39, 0.29) is 10.6 Å². The van der Waals surface area contributed by atoms with Crippen LogP contribution in [0, 0.1) is 5.92 Å². The zero-order valence-electron chi connectivity index (χ0n) is 19.4. The Morgan fingerprint density at radius 2 is 1.85 bits per heavy atom. The summed E-state index contributed by atoms with van der Waals surface area (Å²) in [5, 5.41) is 1.37. The van der Waals surface area contributed by atoms with Gasteiger partial charge in [-0.1, -0.05) is 19.3 Å². The summed E-state index contributed by atoms with van der Waals surface area (Å²) in [7, 11) is -1.64. The van der Waals surface area contributed by atoms with Crippen molar-refractivity contribution in [2.45, 2.75) is 37.0 Å². The van der Waals surface area contributed by atoms with Gasteiger partial charge < -0.3 is 20.4 Å². The lowest BCUT2D eigenvalue weighted by atomic mass is 9.90. The zero-order valence-corrected chi connectivity index (χ0v) is 20.2. The maximum absolute atomic E-state index is 13.3. The molecule has 0 bridgehead atoms. The molecule has 3 aromatic rings. The van der Waals surface area contributed by atoms with Crippen LogP contribution >= 0.6 is 0 Å². The predicted octanol–water partition coefficient (Wildman–Crippen LogP) is 2.71. The zero-order chi connectivity index (χ0) is 23.9. The molecule has 1 aliphatic heterocycles. The first kappa shape index (κ1) is 23.1. The Bertz CT molecular complexity index is 1320. The summed E-state index contributed by atoms with van der Waals surface area (Å²) in [6.45, 7) is 2.86. The number of hydrogen-bond donors (Lipinski definition) is 2. The number of rotatable bonds is 6. The number of aromatic amines is 1. The van der Waals surface area contributed by atoms with Crippen molar-refractivity contribution in [3.63, 3.8) is 0 Å². The fraction of sp³-hybridized carbons (Fsp3) is 0.500. The lowest BCUT2D eigenvalue weighted by Crippen LogP contribution is -2.46. The molecule has 1 saturated heterocycles. The molecule has 34 heavy (non-hydrogen) atoms. The maximum Gasteiger partial charge on any atom is 0.269 e. The van der Waals surface area contributed by atoms with E-state index in [1.54, 1.807) is 24.3 Å². The van der Waals surface area contributed by atoms with Gasteiger partial charge >= 0.3 is 0 Å². The summed E-state index contributed by atoms with van der Waals surface area (Å²) >= 11 is 0. The standard InChI is InChI=1S/C24H31N5O4S/c1-28-9-11-29(12-10-28)34(31,32)17-7-8-20-18(13-17)19-14-21(27-23(24(25)30)22(19)26-20)33-15-16-5-3-2-4-6-16/h7-8,13-14,16,26H,2-6,9-12,15H2,1H3,(H2,25,30). The Hall–Kier alpha value is -2.69. The molecule has 5 rings (SSSR count). The number of fused-ring (bicyclic) bond motifs is 3. The highest BCUT2D eigenvalue weighted by molar-refractivity contribution is 7.89. The molecule has 1 aromatic carbocycles. The molecule has 182 valence electrons. The number of H-pyrrole nitrogens is 1. The van der Waals surface area contributed by atoms with Crippen LogP contribution in [-0.2, 0) is 10.0 Å². The third-order valence-corrected chi connectivity index (χ3v) is 8.96. The van der Waals surface area contributed by atoms with Crippen LogP contribution in [-0.4, -0.2) is 73.3 Å². The van der Waals surface area contributed by atoms with E-state index in [2.05, 4.69) is 14.9 Å². The Morgan fingerprint density at radius 1 is 1.12 bits per heavy atom. The molecule has 3 heterocycles. The van der Waals surface area contributed by atoms with Gasteiger partial charge in [0.05, 0.1) is 17.0 Å². The minimum atomic E-state index is -3.63. The normalized spacial score (nSPS) is 19.1. The average molecular weight is 486 g/mol.